The Morgan fingerprint density at radius 3 is 2.39 bits per heavy atom. The Hall–Kier alpha value is -2.71. The summed E-state index contributed by atoms with van der Waals surface area (Å²) in [6.07, 6.45) is 4.49. The number of ketones is 1. The molecule has 14 heteroatoms. The zero-order valence-corrected chi connectivity index (χ0v) is 25.4. The fourth-order valence-corrected chi connectivity index (χ4v) is 5.58. The van der Waals surface area contributed by atoms with Gasteiger partial charge in [-0.15, -0.1) is 0 Å². The lowest BCUT2D eigenvalue weighted by Gasteiger charge is -2.38. The quantitative estimate of drug-likeness (QED) is 0.0715. The van der Waals surface area contributed by atoms with Crippen molar-refractivity contribution < 1.29 is 39.1 Å². The van der Waals surface area contributed by atoms with Crippen LogP contribution in [0.5, 0.6) is 0 Å². The van der Waals surface area contributed by atoms with E-state index < -0.39 is 53.6 Å². The third-order valence-corrected chi connectivity index (χ3v) is 8.22. The number of carbonyl (C=O) groups is 6. The molecule has 0 spiro atoms. The molecule has 1 aliphatic rings. The van der Waals surface area contributed by atoms with Crippen molar-refractivity contribution in [2.24, 2.45) is 11.8 Å². The van der Waals surface area contributed by atoms with Crippen LogP contribution < -0.4 is 21.5 Å². The molecule has 4 amide bonds. The summed E-state index contributed by atoms with van der Waals surface area (Å²) in [4.78, 5) is 74.6. The van der Waals surface area contributed by atoms with Gasteiger partial charge in [0.15, 0.2) is 5.78 Å². The molecule has 0 radical (unpaired) electrons. The molecule has 0 bridgehead atoms. The van der Waals surface area contributed by atoms with E-state index in [1.54, 1.807) is 5.48 Å². The molecule has 0 aliphatic carbocycles. The molecule has 1 rings (SSSR count). The van der Waals surface area contributed by atoms with Gasteiger partial charge >= 0.3 is 5.97 Å². The molecular weight excluding hydrogens is 554 g/mol. The van der Waals surface area contributed by atoms with Crippen molar-refractivity contribution in [3.63, 3.8) is 0 Å². The largest absolute Gasteiger partial charge is 0.480 e. The average Bonchev–Trinajstić information content (AvgIpc) is 2.95. The van der Waals surface area contributed by atoms with E-state index in [1.807, 2.05) is 20.8 Å². The Morgan fingerprint density at radius 2 is 1.80 bits per heavy atom. The summed E-state index contributed by atoms with van der Waals surface area (Å²) >= 11 is 1.22. The lowest BCUT2D eigenvalue weighted by molar-refractivity contribution is -0.152. The number of nitrogens with zero attached hydrogens (tertiary/aromatic N) is 1. The van der Waals surface area contributed by atoms with E-state index in [0.29, 0.717) is 38.0 Å². The monoisotopic (exact) mass is 601 g/mol. The molecule has 1 aliphatic heterocycles. The number of thioether (sulfide) groups is 1. The zero-order chi connectivity index (χ0) is 30.9. The number of unbranched alkanes of at least 4 members (excludes halogenated alkanes) is 2. The van der Waals surface area contributed by atoms with Crippen LogP contribution in [-0.2, 0) is 28.8 Å². The first kappa shape index (κ1) is 36.3. The van der Waals surface area contributed by atoms with Gasteiger partial charge in [0.05, 0.1) is 6.04 Å². The van der Waals surface area contributed by atoms with Crippen LogP contribution in [0.4, 0.5) is 0 Å². The third kappa shape index (κ3) is 12.8. The molecule has 0 aromatic heterocycles. The maximum atomic E-state index is 13.5. The van der Waals surface area contributed by atoms with Crippen LogP contribution in [0.3, 0.4) is 0 Å². The van der Waals surface area contributed by atoms with E-state index in [2.05, 4.69) is 16.1 Å². The molecule has 0 saturated carbocycles. The lowest BCUT2D eigenvalue weighted by atomic mass is 9.92. The van der Waals surface area contributed by atoms with Gasteiger partial charge in [0.1, 0.15) is 12.1 Å². The van der Waals surface area contributed by atoms with Crippen LogP contribution in [-0.4, -0.2) is 86.9 Å². The lowest BCUT2D eigenvalue weighted by Crippen LogP contribution is -2.62. The summed E-state index contributed by atoms with van der Waals surface area (Å²) in [6, 6.07) is -2.72. The maximum Gasteiger partial charge on any atom is 0.327 e. The maximum absolute atomic E-state index is 13.5. The number of hydrogen-bond acceptors (Lipinski definition) is 9. The second kappa shape index (κ2) is 19.4. The number of hydrazine groups is 1. The van der Waals surface area contributed by atoms with E-state index in [4.69, 9.17) is 5.21 Å². The highest BCUT2D eigenvalue weighted by Crippen LogP contribution is 2.22. The number of amides is 4. The second-order valence-electron chi connectivity index (χ2n) is 10.5. The van der Waals surface area contributed by atoms with E-state index in [-0.39, 0.29) is 30.3 Å². The van der Waals surface area contributed by atoms with Gasteiger partial charge in [-0.25, -0.2) is 15.7 Å². The van der Waals surface area contributed by atoms with Crippen LogP contribution in [0.2, 0.25) is 0 Å². The molecular formula is C27H47N5O8S. The minimum absolute atomic E-state index is 0.0910. The van der Waals surface area contributed by atoms with Crippen molar-refractivity contribution in [3.05, 3.63) is 0 Å². The highest BCUT2D eigenvalue weighted by Gasteiger charge is 2.38. The topological polar surface area (TPSA) is 194 Å². The molecule has 234 valence electrons. The molecule has 0 aromatic rings. The molecule has 0 aromatic carbocycles. The number of carboxylic acid groups (broad SMARTS) is 1. The first-order chi connectivity index (χ1) is 19.5. The fourth-order valence-electron chi connectivity index (χ4n) is 4.61. The van der Waals surface area contributed by atoms with Crippen molar-refractivity contribution in [1.29, 1.82) is 0 Å². The number of rotatable bonds is 19. The number of aliphatic carboxylic acids is 1. The number of nitrogens with one attached hydrogen (secondary N) is 4. The number of carboxylic acids is 1. The first-order valence-corrected chi connectivity index (χ1v) is 15.5. The van der Waals surface area contributed by atoms with E-state index >= 15 is 0 Å². The zero-order valence-electron chi connectivity index (χ0n) is 24.6. The van der Waals surface area contributed by atoms with Gasteiger partial charge in [-0.05, 0) is 25.2 Å². The van der Waals surface area contributed by atoms with Crippen molar-refractivity contribution in [1.82, 2.24) is 26.5 Å². The molecule has 5 atom stereocenters. The number of Topliss-reactive ketones (excluding diaryl/α,β-unsaturated/α-hetero) is 1. The SMILES string of the molecule is CCCCCC(CC(=O)NO)C(=O)N1NCCCC1C(=O)NC(C(=O)CCSCC(NC(C)=O)C(=O)O)C(C)CC. The number of hydroxylamine groups is 1. The smallest absolute Gasteiger partial charge is 0.327 e. The summed E-state index contributed by atoms with van der Waals surface area (Å²) in [6.45, 7) is 7.49. The van der Waals surface area contributed by atoms with Gasteiger partial charge in [-0.3, -0.25) is 34.2 Å². The van der Waals surface area contributed by atoms with E-state index in [9.17, 15) is 33.9 Å². The number of carbonyl (C=O) groups excluding carboxylic acids is 5. The Bertz CT molecular complexity index is 905. The van der Waals surface area contributed by atoms with Crippen LogP contribution in [0.25, 0.3) is 0 Å². The highest BCUT2D eigenvalue weighted by atomic mass is 32.2. The average molecular weight is 602 g/mol. The molecule has 5 unspecified atom stereocenters. The van der Waals surface area contributed by atoms with Gasteiger partial charge in [-0.2, -0.15) is 11.8 Å². The predicted octanol–water partition coefficient (Wildman–Crippen LogP) is 1.39. The van der Waals surface area contributed by atoms with Crippen LogP contribution in [0.15, 0.2) is 0 Å². The molecule has 1 heterocycles. The Kier molecular flexibility index (Phi) is 17.2. The molecule has 1 fully saturated rings. The van der Waals surface area contributed by atoms with Gasteiger partial charge in [0, 0.05) is 43.7 Å². The Balaban J connectivity index is 2.92. The summed E-state index contributed by atoms with van der Waals surface area (Å²) in [5, 5.41) is 24.7. The van der Waals surface area contributed by atoms with Gasteiger partial charge in [0.25, 0.3) is 0 Å². The second-order valence-corrected chi connectivity index (χ2v) is 11.6. The van der Waals surface area contributed by atoms with Crippen molar-refractivity contribution in [2.45, 2.75) is 104 Å². The van der Waals surface area contributed by atoms with Crippen LogP contribution in [0.1, 0.15) is 85.5 Å². The summed E-state index contributed by atoms with van der Waals surface area (Å²) in [7, 11) is 0. The van der Waals surface area contributed by atoms with Crippen molar-refractivity contribution in [2.75, 3.05) is 18.1 Å². The standard InChI is InChI=1S/C27H47N5O8S/c1-5-7-8-10-19(15-23(35)31-40)26(37)32-21(11-9-13-28-32)25(36)30-24(17(3)6-2)22(34)12-14-41-16-20(27(38)39)29-18(4)33/h17,19-21,24,28,40H,5-16H2,1-4H3,(H,29,33)(H,30,36)(H,31,35)(H,38,39). The van der Waals surface area contributed by atoms with E-state index in [0.717, 1.165) is 19.3 Å². The number of hydrogen-bond donors (Lipinski definition) is 6. The minimum atomic E-state index is -1.16. The fraction of sp³-hybridized carbons (Fsp3) is 0.778. The molecule has 1 saturated heterocycles. The highest BCUT2D eigenvalue weighted by molar-refractivity contribution is 7.99. The van der Waals surface area contributed by atoms with Gasteiger partial charge in [0.2, 0.25) is 23.6 Å². The van der Waals surface area contributed by atoms with E-state index in [1.165, 1.54) is 23.7 Å². The first-order valence-electron chi connectivity index (χ1n) is 14.4. The normalized spacial score (nSPS) is 18.0. The van der Waals surface area contributed by atoms with Gasteiger partial charge < -0.3 is 15.7 Å². The molecule has 41 heavy (non-hydrogen) atoms. The summed E-state index contributed by atoms with van der Waals surface area (Å²) < 4.78 is 0. The molecule has 6 N–H and O–H groups in total. The molecule has 13 nitrogen and oxygen atoms in total. The summed E-state index contributed by atoms with van der Waals surface area (Å²) in [5.74, 6) is -3.85. The van der Waals surface area contributed by atoms with Crippen molar-refractivity contribution in [3.8, 4) is 0 Å². The minimum Gasteiger partial charge on any atom is -0.480 e. The summed E-state index contributed by atoms with van der Waals surface area (Å²) in [5.41, 5.74) is 4.58. The van der Waals surface area contributed by atoms with Crippen LogP contribution >= 0.6 is 11.8 Å². The predicted molar refractivity (Wildman–Crippen MR) is 154 cm³/mol. The van der Waals surface area contributed by atoms with Gasteiger partial charge in [-0.1, -0.05) is 46.5 Å². The van der Waals surface area contributed by atoms with Crippen molar-refractivity contribution >= 4 is 47.1 Å². The Morgan fingerprint density at radius 1 is 1.10 bits per heavy atom. The third-order valence-electron chi connectivity index (χ3n) is 7.16. The van der Waals surface area contributed by atoms with Crippen LogP contribution in [0, 0.1) is 11.8 Å². The Labute approximate surface area is 246 Å².